The van der Waals surface area contributed by atoms with Crippen molar-refractivity contribution < 1.29 is 27.8 Å². The number of halogens is 3. The van der Waals surface area contributed by atoms with Crippen molar-refractivity contribution in [1.29, 1.82) is 0 Å². The highest BCUT2D eigenvalue weighted by atomic mass is 19.4. The lowest BCUT2D eigenvalue weighted by Gasteiger charge is -2.22. The Hall–Kier alpha value is -2.70. The van der Waals surface area contributed by atoms with E-state index in [2.05, 4.69) is 11.9 Å². The molecule has 1 unspecified atom stereocenters. The van der Waals surface area contributed by atoms with Crippen molar-refractivity contribution in [1.82, 2.24) is 0 Å². The molecule has 0 N–H and O–H groups in total. The number of aryl methyl sites for hydroxylation is 1. The van der Waals surface area contributed by atoms with Gasteiger partial charge in [-0.3, -0.25) is 0 Å². The van der Waals surface area contributed by atoms with E-state index in [9.17, 15) is 18.3 Å². The number of hydrogen-bond acceptors (Lipinski definition) is 4. The lowest BCUT2D eigenvalue weighted by atomic mass is 9.94. The molecule has 3 rings (SSSR count). The molecule has 4 nitrogen and oxygen atoms in total. The molecule has 0 saturated heterocycles. The molecule has 1 aliphatic heterocycles. The third-order valence-electron chi connectivity index (χ3n) is 5.07. The van der Waals surface area contributed by atoms with Crippen LogP contribution in [-0.2, 0) is 12.6 Å². The van der Waals surface area contributed by atoms with E-state index in [4.69, 9.17) is 9.47 Å². The van der Waals surface area contributed by atoms with Crippen LogP contribution in [0.25, 0.3) is 0 Å². The van der Waals surface area contributed by atoms with E-state index in [1.165, 1.54) is 12.1 Å². The molecule has 2 aromatic carbocycles. The third kappa shape index (κ3) is 5.90. The van der Waals surface area contributed by atoms with Crippen molar-refractivity contribution in [2.75, 3.05) is 19.8 Å². The average Bonchev–Trinajstić information content (AvgIpc) is 2.74. The lowest BCUT2D eigenvalue weighted by Crippen LogP contribution is -2.20. The monoisotopic (exact) mass is 420 g/mol. The number of rotatable bonds is 8. The predicted molar refractivity (Wildman–Crippen MR) is 107 cm³/mol. The van der Waals surface area contributed by atoms with Crippen LogP contribution in [0.1, 0.15) is 48.8 Å². The third-order valence-corrected chi connectivity index (χ3v) is 5.07. The van der Waals surface area contributed by atoms with E-state index in [0.29, 0.717) is 37.5 Å². The summed E-state index contributed by atoms with van der Waals surface area (Å²) in [6.45, 7) is 3.51. The Morgan fingerprint density at radius 3 is 2.43 bits per heavy atom. The van der Waals surface area contributed by atoms with Crippen LogP contribution in [0.5, 0.6) is 11.5 Å². The highest BCUT2D eigenvalue weighted by Crippen LogP contribution is 2.34. The second kappa shape index (κ2) is 9.87. The number of nitrogens with zero attached hydrogens (tertiary/aromatic N) is 1. The Labute approximate surface area is 174 Å². The van der Waals surface area contributed by atoms with Gasteiger partial charge in [0, 0.05) is 12.5 Å². The molecule has 0 bridgehead atoms. The van der Waals surface area contributed by atoms with Crippen molar-refractivity contribution >= 4 is 5.90 Å². The number of aliphatic imine (C=N–C) groups is 1. The Balaban J connectivity index is 1.59. The molecule has 0 amide bonds. The number of benzene rings is 2. The summed E-state index contributed by atoms with van der Waals surface area (Å²) in [5, 5.41) is 12.2. The fourth-order valence-electron chi connectivity index (χ4n) is 3.43. The highest BCUT2D eigenvalue weighted by molar-refractivity contribution is 5.71. The van der Waals surface area contributed by atoms with Crippen molar-refractivity contribution in [2.24, 2.45) is 4.99 Å². The molecular formula is C23H25F3NO3-. The molecule has 0 aliphatic carbocycles. The summed E-state index contributed by atoms with van der Waals surface area (Å²) >= 11 is 0. The first kappa shape index (κ1) is 22.0. The fraction of sp³-hybridized carbons (Fsp3) is 0.435. The van der Waals surface area contributed by atoms with Gasteiger partial charge >= 0.3 is 6.18 Å². The molecule has 1 atom stereocenters. The van der Waals surface area contributed by atoms with Crippen LogP contribution in [0.15, 0.2) is 47.5 Å². The van der Waals surface area contributed by atoms with Crippen LogP contribution < -0.4 is 14.6 Å². The highest BCUT2D eigenvalue weighted by Gasteiger charge is 2.29. The molecule has 0 spiro atoms. The number of hydrogen-bond donors (Lipinski definition) is 0. The number of fused-ring (bicyclic) bond motifs is 1. The van der Waals surface area contributed by atoms with Crippen LogP contribution in [0.4, 0.5) is 13.2 Å². The summed E-state index contributed by atoms with van der Waals surface area (Å²) in [5.41, 5.74) is 1.05. The molecule has 7 heteroatoms. The Kier molecular flexibility index (Phi) is 7.24. The summed E-state index contributed by atoms with van der Waals surface area (Å²) in [6, 6.07) is 10.7. The Morgan fingerprint density at radius 1 is 1.07 bits per heavy atom. The first-order valence-corrected chi connectivity index (χ1v) is 10.1. The molecule has 162 valence electrons. The first-order valence-electron chi connectivity index (χ1n) is 10.1. The van der Waals surface area contributed by atoms with Crippen molar-refractivity contribution in [3.8, 4) is 11.5 Å². The molecule has 0 aromatic heterocycles. The molecule has 1 aliphatic rings. The zero-order valence-corrected chi connectivity index (χ0v) is 16.9. The summed E-state index contributed by atoms with van der Waals surface area (Å²) in [4.78, 5) is 4.21. The first-order chi connectivity index (χ1) is 14.4. The van der Waals surface area contributed by atoms with Gasteiger partial charge in [-0.15, -0.1) is 0 Å². The summed E-state index contributed by atoms with van der Waals surface area (Å²) in [7, 11) is 0. The smallest absolute Gasteiger partial charge is 0.416 e. The van der Waals surface area contributed by atoms with E-state index >= 15 is 0 Å². The van der Waals surface area contributed by atoms with Gasteiger partial charge in [0.2, 0.25) is 0 Å². The Bertz CT molecular complexity index is 863. The second-order valence-electron chi connectivity index (χ2n) is 7.32. The summed E-state index contributed by atoms with van der Waals surface area (Å²) < 4.78 is 49.1. The standard InChI is InChI=1S/C23H26F3NO3/c1-2-3-18(17-7-10-20-21(14-17)30-13-12-29-20)15-27-22(28)11-6-16-4-8-19(9-5-16)23(24,25)26/h4-5,7-10,14,18H,2-3,6,11-13,15H2,1H3,(H,27,28)/p-1. The van der Waals surface area contributed by atoms with E-state index in [1.807, 2.05) is 18.2 Å². The molecule has 1 heterocycles. The molecule has 0 saturated carbocycles. The minimum atomic E-state index is -4.36. The summed E-state index contributed by atoms with van der Waals surface area (Å²) in [5.74, 6) is 1.30. The van der Waals surface area contributed by atoms with Crippen LogP contribution in [0, 0.1) is 0 Å². The Morgan fingerprint density at radius 2 is 1.77 bits per heavy atom. The van der Waals surface area contributed by atoms with Gasteiger partial charge in [0.05, 0.1) is 5.56 Å². The zero-order chi connectivity index (χ0) is 21.6. The molecule has 2 aromatic rings. The van der Waals surface area contributed by atoms with Gasteiger partial charge in [0.25, 0.3) is 0 Å². The van der Waals surface area contributed by atoms with Gasteiger partial charge in [-0.05, 0) is 60.6 Å². The van der Waals surface area contributed by atoms with Gasteiger partial charge in [-0.25, -0.2) is 0 Å². The molecule has 0 fully saturated rings. The number of ether oxygens (including phenoxy) is 2. The van der Waals surface area contributed by atoms with Crippen LogP contribution >= 0.6 is 0 Å². The topological polar surface area (TPSA) is 53.9 Å². The quantitative estimate of drug-likeness (QED) is 0.457. The minimum Gasteiger partial charge on any atom is -0.862 e. The predicted octanol–water partition coefficient (Wildman–Crippen LogP) is 4.75. The SMILES string of the molecule is CCCC(CN=C([O-])CCc1ccc(C(F)(F)F)cc1)c1ccc2c(c1)OCCO2. The molecule has 30 heavy (non-hydrogen) atoms. The maximum Gasteiger partial charge on any atom is 0.416 e. The van der Waals surface area contributed by atoms with Crippen LogP contribution in [-0.4, -0.2) is 25.7 Å². The lowest BCUT2D eigenvalue weighted by molar-refractivity contribution is -0.219. The largest absolute Gasteiger partial charge is 0.862 e. The second-order valence-corrected chi connectivity index (χ2v) is 7.32. The van der Waals surface area contributed by atoms with Crippen molar-refractivity contribution in [2.45, 2.75) is 44.7 Å². The van der Waals surface area contributed by atoms with Gasteiger partial charge in [-0.1, -0.05) is 31.5 Å². The maximum absolute atomic E-state index is 12.6. The van der Waals surface area contributed by atoms with Crippen LogP contribution in [0.2, 0.25) is 0 Å². The zero-order valence-electron chi connectivity index (χ0n) is 16.9. The van der Waals surface area contributed by atoms with Crippen molar-refractivity contribution in [3.05, 3.63) is 59.2 Å². The van der Waals surface area contributed by atoms with E-state index in [0.717, 1.165) is 36.3 Å². The van der Waals surface area contributed by atoms with Gasteiger partial charge < -0.3 is 19.6 Å². The minimum absolute atomic E-state index is 0.0980. The van der Waals surface area contributed by atoms with E-state index in [-0.39, 0.29) is 18.2 Å². The van der Waals surface area contributed by atoms with Gasteiger partial charge in [0.15, 0.2) is 11.5 Å². The van der Waals surface area contributed by atoms with E-state index in [1.54, 1.807) is 0 Å². The van der Waals surface area contributed by atoms with Gasteiger partial charge in [0.1, 0.15) is 13.2 Å². The molecule has 0 radical (unpaired) electrons. The van der Waals surface area contributed by atoms with Gasteiger partial charge in [-0.2, -0.15) is 13.2 Å². The number of alkyl halides is 3. The van der Waals surface area contributed by atoms with E-state index < -0.39 is 11.7 Å². The molecular weight excluding hydrogens is 395 g/mol. The van der Waals surface area contributed by atoms with Crippen LogP contribution in [0.3, 0.4) is 0 Å². The van der Waals surface area contributed by atoms with Crippen molar-refractivity contribution in [3.63, 3.8) is 0 Å². The fourth-order valence-corrected chi connectivity index (χ4v) is 3.43. The normalized spacial score (nSPS) is 15.1. The maximum atomic E-state index is 12.6. The summed E-state index contributed by atoms with van der Waals surface area (Å²) in [6.07, 6.45) is -1.98. The average molecular weight is 420 g/mol.